The summed E-state index contributed by atoms with van der Waals surface area (Å²) in [6.45, 7) is 0.141. The summed E-state index contributed by atoms with van der Waals surface area (Å²) >= 11 is 1.99. The summed E-state index contributed by atoms with van der Waals surface area (Å²) in [5.41, 5.74) is 1.80. The SMILES string of the molecule is COc1ccc2nc(SCC(=O)NCCN3C(=O)S/C(=C\c4ccccc4F)C3=O)[nH]c2c1. The molecule has 1 aliphatic heterocycles. The van der Waals surface area contributed by atoms with Gasteiger partial charge in [-0.2, -0.15) is 0 Å². The number of thioether (sulfide) groups is 2. The van der Waals surface area contributed by atoms with Crippen molar-refractivity contribution in [1.82, 2.24) is 20.2 Å². The van der Waals surface area contributed by atoms with Gasteiger partial charge in [-0.1, -0.05) is 30.0 Å². The van der Waals surface area contributed by atoms with Crippen LogP contribution in [-0.2, 0) is 9.59 Å². The number of imide groups is 1. The van der Waals surface area contributed by atoms with E-state index in [9.17, 15) is 18.8 Å². The average Bonchev–Trinajstić information content (AvgIpc) is 3.34. The summed E-state index contributed by atoms with van der Waals surface area (Å²) in [5.74, 6) is -0.415. The Morgan fingerprint density at radius 3 is 2.91 bits per heavy atom. The summed E-state index contributed by atoms with van der Waals surface area (Å²) in [6.07, 6.45) is 1.36. The largest absolute Gasteiger partial charge is 0.497 e. The number of imidazole rings is 1. The molecule has 11 heteroatoms. The number of amides is 3. The van der Waals surface area contributed by atoms with E-state index in [4.69, 9.17) is 4.74 Å². The van der Waals surface area contributed by atoms with Crippen molar-refractivity contribution in [3.05, 3.63) is 58.8 Å². The van der Waals surface area contributed by atoms with Gasteiger partial charge in [0, 0.05) is 24.7 Å². The molecule has 2 heterocycles. The van der Waals surface area contributed by atoms with Crippen LogP contribution in [-0.4, -0.2) is 57.9 Å². The minimum Gasteiger partial charge on any atom is -0.497 e. The van der Waals surface area contributed by atoms with Gasteiger partial charge in [-0.05, 0) is 36.0 Å². The molecule has 1 aromatic heterocycles. The molecule has 0 radical (unpaired) electrons. The van der Waals surface area contributed by atoms with Crippen LogP contribution in [0.1, 0.15) is 5.56 Å². The second kappa shape index (κ2) is 10.1. The Morgan fingerprint density at radius 2 is 2.12 bits per heavy atom. The minimum absolute atomic E-state index is 0.0279. The first kappa shape index (κ1) is 22.9. The molecule has 1 saturated heterocycles. The van der Waals surface area contributed by atoms with Gasteiger partial charge in [-0.3, -0.25) is 19.3 Å². The van der Waals surface area contributed by atoms with Crippen molar-refractivity contribution in [3.8, 4) is 5.75 Å². The molecular weight excluding hydrogens is 467 g/mol. The predicted molar refractivity (Wildman–Crippen MR) is 125 cm³/mol. The number of aromatic nitrogens is 2. The van der Waals surface area contributed by atoms with E-state index in [0.717, 1.165) is 27.7 Å². The van der Waals surface area contributed by atoms with Gasteiger partial charge in [0.1, 0.15) is 11.6 Å². The smallest absolute Gasteiger partial charge is 0.293 e. The minimum atomic E-state index is -0.505. The number of aromatic amines is 1. The number of rotatable bonds is 8. The fraction of sp³-hybridized carbons (Fsp3) is 0.182. The van der Waals surface area contributed by atoms with E-state index in [2.05, 4.69) is 15.3 Å². The average molecular weight is 487 g/mol. The van der Waals surface area contributed by atoms with Gasteiger partial charge in [0.25, 0.3) is 11.1 Å². The van der Waals surface area contributed by atoms with Crippen LogP contribution < -0.4 is 10.1 Å². The van der Waals surface area contributed by atoms with E-state index in [1.807, 2.05) is 12.1 Å². The summed E-state index contributed by atoms with van der Waals surface area (Å²) in [5, 5.41) is 2.83. The highest BCUT2D eigenvalue weighted by molar-refractivity contribution is 8.18. The number of H-pyrrole nitrogens is 1. The fourth-order valence-electron chi connectivity index (χ4n) is 3.08. The number of hydrogen-bond acceptors (Lipinski definition) is 7. The van der Waals surface area contributed by atoms with Gasteiger partial charge in [0.2, 0.25) is 5.91 Å². The van der Waals surface area contributed by atoms with E-state index in [1.165, 1.54) is 30.0 Å². The zero-order valence-electron chi connectivity index (χ0n) is 17.5. The van der Waals surface area contributed by atoms with Crippen molar-refractivity contribution in [3.63, 3.8) is 0 Å². The molecule has 33 heavy (non-hydrogen) atoms. The molecule has 3 amide bonds. The number of nitrogens with one attached hydrogen (secondary N) is 2. The molecule has 2 N–H and O–H groups in total. The third-order valence-corrected chi connectivity index (χ3v) is 6.51. The number of carbonyl (C=O) groups is 3. The monoisotopic (exact) mass is 486 g/mol. The lowest BCUT2D eigenvalue weighted by Crippen LogP contribution is -2.37. The standard InChI is InChI=1S/C22H19FN4O4S2/c1-31-14-6-7-16-17(11-14)26-21(25-16)32-12-19(28)24-8-9-27-20(29)18(33-22(27)30)10-13-4-2-3-5-15(13)23/h2-7,10-11H,8-9,12H2,1H3,(H,24,28)(H,25,26)/b18-10-. The van der Waals surface area contributed by atoms with Crippen LogP contribution in [0.15, 0.2) is 52.5 Å². The van der Waals surface area contributed by atoms with Crippen LogP contribution in [0.5, 0.6) is 5.75 Å². The maximum Gasteiger partial charge on any atom is 0.293 e. The number of carbonyl (C=O) groups excluding carboxylic acids is 3. The first-order valence-electron chi connectivity index (χ1n) is 9.88. The number of ether oxygens (including phenoxy) is 1. The van der Waals surface area contributed by atoms with Crippen molar-refractivity contribution in [2.45, 2.75) is 5.16 Å². The predicted octanol–water partition coefficient (Wildman–Crippen LogP) is 3.66. The lowest BCUT2D eigenvalue weighted by atomic mass is 10.2. The van der Waals surface area contributed by atoms with Crippen LogP contribution in [0.3, 0.4) is 0 Å². The van der Waals surface area contributed by atoms with Gasteiger partial charge < -0.3 is 15.0 Å². The molecule has 0 atom stereocenters. The normalized spacial score (nSPS) is 15.0. The van der Waals surface area contributed by atoms with Crippen molar-refractivity contribution >= 4 is 57.7 Å². The number of benzene rings is 2. The molecule has 3 aromatic rings. The molecule has 4 rings (SSSR count). The molecule has 1 aliphatic rings. The molecule has 8 nitrogen and oxygen atoms in total. The maximum absolute atomic E-state index is 13.8. The number of hydrogen-bond donors (Lipinski definition) is 2. The van der Waals surface area contributed by atoms with Gasteiger partial charge in [-0.25, -0.2) is 9.37 Å². The summed E-state index contributed by atoms with van der Waals surface area (Å²) in [4.78, 5) is 45.6. The first-order valence-corrected chi connectivity index (χ1v) is 11.7. The summed E-state index contributed by atoms with van der Waals surface area (Å²) in [6, 6.07) is 11.5. The van der Waals surface area contributed by atoms with Crippen LogP contribution in [0, 0.1) is 5.82 Å². The molecule has 0 spiro atoms. The van der Waals surface area contributed by atoms with E-state index >= 15 is 0 Å². The first-order chi connectivity index (χ1) is 15.9. The molecule has 170 valence electrons. The number of methoxy groups -OCH3 is 1. The second-order valence-electron chi connectivity index (χ2n) is 6.92. The highest BCUT2D eigenvalue weighted by Crippen LogP contribution is 2.32. The van der Waals surface area contributed by atoms with Crippen molar-refractivity contribution in [2.24, 2.45) is 0 Å². The third kappa shape index (κ3) is 5.37. The second-order valence-corrected chi connectivity index (χ2v) is 8.88. The Labute approximate surface area is 197 Å². The zero-order chi connectivity index (χ0) is 23.4. The zero-order valence-corrected chi connectivity index (χ0v) is 19.1. The van der Waals surface area contributed by atoms with Crippen molar-refractivity contribution in [2.75, 3.05) is 26.0 Å². The van der Waals surface area contributed by atoms with E-state index < -0.39 is 17.0 Å². The lowest BCUT2D eigenvalue weighted by Gasteiger charge is -2.12. The van der Waals surface area contributed by atoms with Gasteiger partial charge in [0.15, 0.2) is 5.16 Å². The quantitative estimate of drug-likeness (QED) is 0.370. The summed E-state index contributed by atoms with van der Waals surface area (Å²) in [7, 11) is 1.58. The Morgan fingerprint density at radius 1 is 1.30 bits per heavy atom. The molecule has 2 aromatic carbocycles. The van der Waals surface area contributed by atoms with Gasteiger partial charge in [0.05, 0.1) is 28.8 Å². The van der Waals surface area contributed by atoms with Crippen molar-refractivity contribution < 1.29 is 23.5 Å². The molecule has 0 aliphatic carbocycles. The number of fused-ring (bicyclic) bond motifs is 1. The van der Waals surface area contributed by atoms with Crippen LogP contribution in [0.25, 0.3) is 17.1 Å². The van der Waals surface area contributed by atoms with Crippen LogP contribution in [0.4, 0.5) is 9.18 Å². The Balaban J connectivity index is 1.27. The maximum atomic E-state index is 13.8. The number of nitrogens with zero attached hydrogens (tertiary/aromatic N) is 2. The van der Waals surface area contributed by atoms with Gasteiger partial charge >= 0.3 is 0 Å². The Bertz CT molecular complexity index is 1260. The number of halogens is 1. The summed E-state index contributed by atoms with van der Waals surface area (Å²) < 4.78 is 19.0. The molecule has 0 saturated carbocycles. The Kier molecular flexibility index (Phi) is 6.99. The van der Waals surface area contributed by atoms with Gasteiger partial charge in [-0.15, -0.1) is 0 Å². The van der Waals surface area contributed by atoms with Crippen LogP contribution in [0.2, 0.25) is 0 Å². The lowest BCUT2D eigenvalue weighted by molar-refractivity contribution is -0.123. The topological polar surface area (TPSA) is 104 Å². The Hall–Kier alpha value is -3.31. The molecule has 0 bridgehead atoms. The van der Waals surface area contributed by atoms with E-state index in [1.54, 1.807) is 25.3 Å². The van der Waals surface area contributed by atoms with Crippen molar-refractivity contribution in [1.29, 1.82) is 0 Å². The fourth-order valence-corrected chi connectivity index (χ4v) is 4.65. The molecule has 0 unspecified atom stereocenters. The third-order valence-electron chi connectivity index (χ3n) is 4.73. The van der Waals surface area contributed by atoms with E-state index in [-0.39, 0.29) is 35.2 Å². The van der Waals surface area contributed by atoms with Crippen LogP contribution >= 0.6 is 23.5 Å². The molecule has 1 fully saturated rings. The highest BCUT2D eigenvalue weighted by Gasteiger charge is 2.34. The molecular formula is C22H19FN4O4S2. The highest BCUT2D eigenvalue weighted by atomic mass is 32.2. The van der Waals surface area contributed by atoms with E-state index in [0.29, 0.717) is 10.9 Å².